The van der Waals surface area contributed by atoms with Crippen molar-refractivity contribution >= 4 is 29.2 Å². The van der Waals surface area contributed by atoms with Gasteiger partial charge in [-0.1, -0.05) is 12.1 Å². The van der Waals surface area contributed by atoms with Crippen molar-refractivity contribution in [3.8, 4) is 5.75 Å². The molecule has 21 heavy (non-hydrogen) atoms. The van der Waals surface area contributed by atoms with Crippen molar-refractivity contribution in [1.82, 2.24) is 9.97 Å². The van der Waals surface area contributed by atoms with Gasteiger partial charge in [0.05, 0.1) is 12.2 Å². The van der Waals surface area contributed by atoms with Crippen LogP contribution in [0, 0.1) is 0 Å². The number of hydrogen-bond donors (Lipinski definition) is 1. The van der Waals surface area contributed by atoms with Crippen molar-refractivity contribution in [2.24, 2.45) is 0 Å². The Balaban J connectivity index is 2.05. The number of rotatable bonds is 3. The number of nitrogens with zero attached hydrogens (tertiary/aromatic N) is 3. The summed E-state index contributed by atoms with van der Waals surface area (Å²) in [4.78, 5) is 21.5. The van der Waals surface area contributed by atoms with Crippen LogP contribution in [0.25, 0.3) is 0 Å². The minimum absolute atomic E-state index is 0.206. The van der Waals surface area contributed by atoms with Gasteiger partial charge in [-0.2, -0.15) is 0 Å². The fourth-order valence-corrected chi connectivity index (χ4v) is 2.54. The first-order valence-corrected chi connectivity index (χ1v) is 7.53. The zero-order chi connectivity index (χ0) is 14.8. The van der Waals surface area contributed by atoms with E-state index in [-0.39, 0.29) is 6.54 Å². The largest absolute Gasteiger partial charge is 0.478 e. The van der Waals surface area contributed by atoms with Crippen molar-refractivity contribution in [2.45, 2.75) is 11.1 Å². The van der Waals surface area contributed by atoms with Crippen LogP contribution in [-0.4, -0.2) is 39.9 Å². The molecule has 0 spiro atoms. The predicted molar refractivity (Wildman–Crippen MR) is 79.3 cm³/mol. The quantitative estimate of drug-likeness (QED) is 0.688. The van der Waals surface area contributed by atoms with Crippen molar-refractivity contribution in [3.05, 3.63) is 36.7 Å². The monoisotopic (exact) mass is 303 g/mol. The maximum absolute atomic E-state index is 11.3. The second kappa shape index (κ2) is 5.61. The van der Waals surface area contributed by atoms with Gasteiger partial charge in [0.15, 0.2) is 0 Å². The third-order valence-corrected chi connectivity index (χ3v) is 3.80. The first-order chi connectivity index (χ1) is 10.2. The van der Waals surface area contributed by atoms with E-state index in [9.17, 15) is 9.90 Å². The van der Waals surface area contributed by atoms with Crippen molar-refractivity contribution in [3.63, 3.8) is 0 Å². The Labute approximate surface area is 125 Å². The summed E-state index contributed by atoms with van der Waals surface area (Å²) in [6, 6.07) is 9.18. The minimum atomic E-state index is -0.992. The van der Waals surface area contributed by atoms with Crippen molar-refractivity contribution < 1.29 is 14.6 Å². The third kappa shape index (κ3) is 2.64. The van der Waals surface area contributed by atoms with Crippen molar-refractivity contribution in [2.75, 3.05) is 17.7 Å². The molecule has 1 unspecified atom stereocenters. The van der Waals surface area contributed by atoms with Gasteiger partial charge in [-0.05, 0) is 18.4 Å². The van der Waals surface area contributed by atoms with Crippen LogP contribution >= 0.6 is 11.8 Å². The Kier molecular flexibility index (Phi) is 3.66. The lowest BCUT2D eigenvalue weighted by Gasteiger charge is -2.33. The Hall–Kier alpha value is -2.28. The topological polar surface area (TPSA) is 75.6 Å². The summed E-state index contributed by atoms with van der Waals surface area (Å²) in [5.74, 6) is 0.213. The van der Waals surface area contributed by atoms with Gasteiger partial charge in [-0.15, -0.1) is 11.8 Å². The number of para-hydroxylation sites is 2. The van der Waals surface area contributed by atoms with Gasteiger partial charge in [0.1, 0.15) is 22.9 Å². The number of thioether (sulfide) groups is 1. The number of carboxylic acid groups (broad SMARTS) is 1. The first kappa shape index (κ1) is 13.7. The van der Waals surface area contributed by atoms with Crippen LogP contribution < -0.4 is 9.64 Å². The third-order valence-electron chi connectivity index (χ3n) is 3.16. The molecule has 1 aromatic carbocycles. The second-order valence-electron chi connectivity index (χ2n) is 4.44. The first-order valence-electron chi connectivity index (χ1n) is 6.31. The van der Waals surface area contributed by atoms with Gasteiger partial charge in [0, 0.05) is 6.07 Å². The summed E-state index contributed by atoms with van der Waals surface area (Å²) in [5.41, 5.74) is 0.806. The Bertz CT molecular complexity index is 680. The Morgan fingerprint density at radius 2 is 2.24 bits per heavy atom. The smallest absolute Gasteiger partial charge is 0.346 e. The summed E-state index contributed by atoms with van der Waals surface area (Å²) < 4.78 is 5.51. The van der Waals surface area contributed by atoms with Crippen LogP contribution in [0.5, 0.6) is 5.75 Å². The Morgan fingerprint density at radius 1 is 1.43 bits per heavy atom. The number of carboxylic acids is 1. The fourth-order valence-electron chi connectivity index (χ4n) is 2.17. The number of carbonyl (C=O) groups is 1. The highest BCUT2D eigenvalue weighted by atomic mass is 32.2. The number of fused-ring (bicyclic) bond motifs is 1. The SMILES string of the molecule is CSc1cc(N2CC(C(=O)O)Oc3ccccc32)ncn1. The molecule has 1 aromatic heterocycles. The lowest BCUT2D eigenvalue weighted by Crippen LogP contribution is -2.42. The summed E-state index contributed by atoms with van der Waals surface area (Å²) in [6.07, 6.45) is 2.49. The average molecular weight is 303 g/mol. The number of benzene rings is 1. The number of ether oxygens (including phenoxy) is 1. The van der Waals surface area contributed by atoms with Gasteiger partial charge in [-0.25, -0.2) is 14.8 Å². The van der Waals surface area contributed by atoms with E-state index < -0.39 is 12.1 Å². The molecule has 7 heteroatoms. The number of hydrogen-bond acceptors (Lipinski definition) is 6. The molecule has 3 rings (SSSR count). The van der Waals surface area contributed by atoms with Gasteiger partial charge in [0.2, 0.25) is 6.10 Å². The lowest BCUT2D eigenvalue weighted by molar-refractivity contribution is -0.144. The zero-order valence-corrected chi connectivity index (χ0v) is 12.1. The number of anilines is 2. The maximum Gasteiger partial charge on any atom is 0.346 e. The molecule has 2 heterocycles. The number of aromatic nitrogens is 2. The predicted octanol–water partition coefficient (Wildman–Crippen LogP) is 2.18. The van der Waals surface area contributed by atoms with E-state index in [2.05, 4.69) is 9.97 Å². The standard InChI is InChI=1S/C14H13N3O3S/c1-21-13-6-12(15-8-16-13)17-7-11(14(18)19)20-10-5-3-2-4-9(10)17/h2-6,8,11H,7H2,1H3,(H,18,19). The van der Waals surface area contributed by atoms with Gasteiger partial charge in [-0.3, -0.25) is 0 Å². The van der Waals surface area contributed by atoms with Crippen LogP contribution in [0.1, 0.15) is 0 Å². The van der Waals surface area contributed by atoms with Gasteiger partial charge in [0.25, 0.3) is 0 Å². The van der Waals surface area contributed by atoms with Crippen LogP contribution in [0.3, 0.4) is 0 Å². The Morgan fingerprint density at radius 3 is 3.00 bits per heavy atom. The second-order valence-corrected chi connectivity index (χ2v) is 5.27. The molecular weight excluding hydrogens is 290 g/mol. The van der Waals surface area contributed by atoms with E-state index in [1.807, 2.05) is 35.4 Å². The van der Waals surface area contributed by atoms with E-state index in [1.165, 1.54) is 18.1 Å². The molecule has 0 amide bonds. The van der Waals surface area contributed by atoms with Gasteiger partial charge >= 0.3 is 5.97 Å². The molecule has 1 N–H and O–H groups in total. The molecule has 1 atom stereocenters. The molecule has 0 radical (unpaired) electrons. The van der Waals surface area contributed by atoms with Gasteiger partial charge < -0.3 is 14.7 Å². The van der Waals surface area contributed by atoms with E-state index in [1.54, 1.807) is 6.07 Å². The molecule has 1 aliphatic rings. The number of aliphatic carboxylic acids is 1. The van der Waals surface area contributed by atoms with Crippen LogP contribution in [0.4, 0.5) is 11.5 Å². The van der Waals surface area contributed by atoms with Crippen LogP contribution in [0.15, 0.2) is 41.7 Å². The average Bonchev–Trinajstić information content (AvgIpc) is 2.53. The lowest BCUT2D eigenvalue weighted by atomic mass is 10.2. The zero-order valence-electron chi connectivity index (χ0n) is 11.3. The summed E-state index contributed by atoms with van der Waals surface area (Å²) in [5, 5.41) is 10.1. The fraction of sp³-hybridized carbons (Fsp3) is 0.214. The van der Waals surface area contributed by atoms with Crippen LogP contribution in [0.2, 0.25) is 0 Å². The molecule has 2 aromatic rings. The minimum Gasteiger partial charge on any atom is -0.478 e. The molecule has 0 saturated carbocycles. The molecule has 0 saturated heterocycles. The molecule has 0 bridgehead atoms. The van der Waals surface area contributed by atoms with Crippen LogP contribution in [-0.2, 0) is 4.79 Å². The summed E-state index contributed by atoms with van der Waals surface area (Å²) in [6.45, 7) is 0.206. The van der Waals surface area contributed by atoms with E-state index in [4.69, 9.17) is 4.74 Å². The highest BCUT2D eigenvalue weighted by Gasteiger charge is 2.31. The molecule has 6 nitrogen and oxygen atoms in total. The maximum atomic E-state index is 11.3. The molecular formula is C14H13N3O3S. The molecule has 108 valence electrons. The highest BCUT2D eigenvalue weighted by Crippen LogP contribution is 2.37. The normalized spacial score (nSPS) is 17.0. The summed E-state index contributed by atoms with van der Waals surface area (Å²) >= 11 is 1.51. The van der Waals surface area contributed by atoms with Crippen molar-refractivity contribution in [1.29, 1.82) is 0 Å². The molecule has 1 aliphatic heterocycles. The summed E-state index contributed by atoms with van der Waals surface area (Å²) in [7, 11) is 0. The molecule has 0 aliphatic carbocycles. The van der Waals surface area contributed by atoms with E-state index in [0.29, 0.717) is 11.6 Å². The highest BCUT2D eigenvalue weighted by molar-refractivity contribution is 7.98. The molecule has 0 fully saturated rings. The van der Waals surface area contributed by atoms with E-state index in [0.717, 1.165) is 10.7 Å². The van der Waals surface area contributed by atoms with E-state index >= 15 is 0 Å².